The van der Waals surface area contributed by atoms with Gasteiger partial charge in [-0.05, 0) is 25.3 Å². The van der Waals surface area contributed by atoms with Gasteiger partial charge in [-0.1, -0.05) is 24.7 Å². The van der Waals surface area contributed by atoms with Gasteiger partial charge in [-0.15, -0.1) is 6.58 Å². The Labute approximate surface area is 90.3 Å². The first kappa shape index (κ1) is 11.1. The van der Waals surface area contributed by atoms with Gasteiger partial charge in [0.2, 0.25) is 0 Å². The highest BCUT2D eigenvalue weighted by Gasteiger charge is 2.18. The second-order valence-corrected chi connectivity index (χ2v) is 3.72. The number of hydrogen-bond acceptors (Lipinski definition) is 2. The van der Waals surface area contributed by atoms with Crippen LogP contribution in [-0.2, 0) is 4.79 Å². The van der Waals surface area contributed by atoms with Gasteiger partial charge in [0.05, 0.1) is 0 Å². The van der Waals surface area contributed by atoms with Crippen LogP contribution in [0.4, 0.5) is 0 Å². The Kier molecular flexibility index (Phi) is 4.53. The van der Waals surface area contributed by atoms with Crippen molar-refractivity contribution in [3.05, 3.63) is 24.8 Å². The van der Waals surface area contributed by atoms with E-state index in [4.69, 9.17) is 12.2 Å². The smallest absolute Gasteiger partial charge is 0.251 e. The molecule has 0 saturated carbocycles. The van der Waals surface area contributed by atoms with E-state index in [0.717, 1.165) is 32.2 Å². The molecule has 1 heterocycles. The van der Waals surface area contributed by atoms with Crippen LogP contribution in [0.5, 0.6) is 0 Å². The van der Waals surface area contributed by atoms with E-state index in [1.165, 1.54) is 6.08 Å². The van der Waals surface area contributed by atoms with Crippen molar-refractivity contribution in [2.45, 2.75) is 25.7 Å². The second-order valence-electron chi connectivity index (χ2n) is 3.30. The van der Waals surface area contributed by atoms with Gasteiger partial charge in [0, 0.05) is 12.6 Å². The molecule has 0 aromatic carbocycles. The Morgan fingerprint density at radius 1 is 1.36 bits per heavy atom. The third-order valence-electron chi connectivity index (χ3n) is 2.19. The average molecular weight is 209 g/mol. The van der Waals surface area contributed by atoms with Crippen LogP contribution < -0.4 is 0 Å². The molecule has 0 unspecified atom stereocenters. The highest BCUT2D eigenvalue weighted by molar-refractivity contribution is 7.80. The second kappa shape index (κ2) is 5.70. The molecule has 1 aliphatic heterocycles. The molecule has 0 N–H and O–H groups in total. The molecule has 76 valence electrons. The summed E-state index contributed by atoms with van der Waals surface area (Å²) in [4.78, 5) is 13.5. The van der Waals surface area contributed by atoms with E-state index in [1.807, 2.05) is 6.08 Å². The van der Waals surface area contributed by atoms with Crippen molar-refractivity contribution < 1.29 is 4.79 Å². The van der Waals surface area contributed by atoms with Gasteiger partial charge in [0.25, 0.3) is 5.91 Å². The number of amides is 1. The zero-order valence-corrected chi connectivity index (χ0v) is 9.05. The summed E-state index contributed by atoms with van der Waals surface area (Å²) in [6.45, 7) is 4.42. The van der Waals surface area contributed by atoms with Crippen molar-refractivity contribution in [2.75, 3.05) is 6.54 Å². The van der Waals surface area contributed by atoms with Crippen LogP contribution in [0.1, 0.15) is 25.7 Å². The minimum Gasteiger partial charge on any atom is -0.300 e. The van der Waals surface area contributed by atoms with E-state index in [2.05, 4.69) is 6.58 Å². The zero-order chi connectivity index (χ0) is 10.4. The summed E-state index contributed by atoms with van der Waals surface area (Å²) in [5.74, 6) is 0.0266. The fourth-order valence-corrected chi connectivity index (χ4v) is 1.64. The van der Waals surface area contributed by atoms with E-state index in [9.17, 15) is 4.79 Å². The van der Waals surface area contributed by atoms with E-state index in [-0.39, 0.29) is 5.91 Å². The topological polar surface area (TPSA) is 20.3 Å². The molecule has 1 rings (SSSR count). The SMILES string of the molecule is C=CCCCCCN1C(=O)C=CC1=S. The predicted octanol–water partition coefficient (Wildman–Crippen LogP) is 2.46. The third kappa shape index (κ3) is 3.07. The Morgan fingerprint density at radius 2 is 2.14 bits per heavy atom. The molecule has 0 aromatic heterocycles. The first-order chi connectivity index (χ1) is 6.75. The lowest BCUT2D eigenvalue weighted by molar-refractivity contribution is -0.121. The predicted molar refractivity (Wildman–Crippen MR) is 62.1 cm³/mol. The quantitative estimate of drug-likeness (QED) is 0.380. The summed E-state index contributed by atoms with van der Waals surface area (Å²) in [6.07, 6.45) is 9.49. The third-order valence-corrected chi connectivity index (χ3v) is 2.55. The van der Waals surface area contributed by atoms with Gasteiger partial charge in [0.15, 0.2) is 0 Å². The number of hydrogen-bond donors (Lipinski definition) is 0. The monoisotopic (exact) mass is 209 g/mol. The summed E-state index contributed by atoms with van der Waals surface area (Å²) in [5.41, 5.74) is 0. The largest absolute Gasteiger partial charge is 0.300 e. The Bertz CT molecular complexity index is 252. The van der Waals surface area contributed by atoms with Crippen molar-refractivity contribution in [2.24, 2.45) is 0 Å². The van der Waals surface area contributed by atoms with Crippen LogP contribution >= 0.6 is 12.2 Å². The molecule has 0 saturated heterocycles. The summed E-state index contributed by atoms with van der Waals surface area (Å²) in [7, 11) is 0. The van der Waals surface area contributed by atoms with Crippen molar-refractivity contribution in [1.29, 1.82) is 0 Å². The highest BCUT2D eigenvalue weighted by atomic mass is 32.1. The van der Waals surface area contributed by atoms with Crippen LogP contribution in [0.2, 0.25) is 0 Å². The lowest BCUT2D eigenvalue weighted by atomic mass is 10.2. The average Bonchev–Trinajstić information content (AvgIpc) is 2.48. The van der Waals surface area contributed by atoms with Gasteiger partial charge in [0.1, 0.15) is 4.99 Å². The minimum absolute atomic E-state index is 0.0266. The number of carbonyl (C=O) groups is 1. The van der Waals surface area contributed by atoms with E-state index >= 15 is 0 Å². The van der Waals surface area contributed by atoms with Crippen LogP contribution in [0.25, 0.3) is 0 Å². The number of allylic oxidation sites excluding steroid dienone is 1. The zero-order valence-electron chi connectivity index (χ0n) is 8.24. The molecular formula is C11H15NOS. The maximum atomic E-state index is 11.2. The molecule has 0 radical (unpaired) electrons. The molecule has 1 amide bonds. The fraction of sp³-hybridized carbons (Fsp3) is 0.455. The van der Waals surface area contributed by atoms with Crippen LogP contribution in [-0.4, -0.2) is 22.3 Å². The molecular weight excluding hydrogens is 194 g/mol. The molecule has 0 aromatic rings. The Morgan fingerprint density at radius 3 is 2.71 bits per heavy atom. The van der Waals surface area contributed by atoms with Crippen molar-refractivity contribution in [3.8, 4) is 0 Å². The van der Waals surface area contributed by atoms with Gasteiger partial charge in [-0.2, -0.15) is 0 Å². The number of nitrogens with zero attached hydrogens (tertiary/aromatic N) is 1. The van der Waals surface area contributed by atoms with Crippen molar-refractivity contribution >= 4 is 23.1 Å². The molecule has 0 aliphatic carbocycles. The van der Waals surface area contributed by atoms with E-state index in [0.29, 0.717) is 4.99 Å². The summed E-state index contributed by atoms with van der Waals surface area (Å²) >= 11 is 5.02. The fourth-order valence-electron chi connectivity index (χ4n) is 1.39. The lowest BCUT2D eigenvalue weighted by Gasteiger charge is -2.15. The Hall–Kier alpha value is -0.960. The normalized spacial score (nSPS) is 15.3. The molecule has 3 heteroatoms. The molecule has 0 bridgehead atoms. The maximum Gasteiger partial charge on any atom is 0.251 e. The maximum absolute atomic E-state index is 11.2. The van der Waals surface area contributed by atoms with Gasteiger partial charge < -0.3 is 0 Å². The van der Waals surface area contributed by atoms with Crippen LogP contribution in [0.3, 0.4) is 0 Å². The highest BCUT2D eigenvalue weighted by Crippen LogP contribution is 2.08. The Balaban J connectivity index is 2.15. The molecule has 0 spiro atoms. The van der Waals surface area contributed by atoms with Gasteiger partial charge >= 0.3 is 0 Å². The van der Waals surface area contributed by atoms with E-state index < -0.39 is 0 Å². The number of thiocarbonyl (C=S) groups is 1. The molecule has 0 atom stereocenters. The lowest BCUT2D eigenvalue weighted by Crippen LogP contribution is -2.29. The number of rotatable bonds is 6. The standard InChI is InChI=1S/C11H15NOS/c1-2-3-4-5-6-9-12-10(13)7-8-11(12)14/h2,7-8H,1,3-6,9H2. The first-order valence-corrected chi connectivity index (χ1v) is 5.31. The number of unbranched alkanes of at least 4 members (excludes halogenated alkanes) is 3. The van der Waals surface area contributed by atoms with Crippen LogP contribution in [0.15, 0.2) is 24.8 Å². The molecule has 1 aliphatic rings. The number of carbonyl (C=O) groups excluding carboxylic acids is 1. The van der Waals surface area contributed by atoms with Crippen molar-refractivity contribution in [3.63, 3.8) is 0 Å². The summed E-state index contributed by atoms with van der Waals surface area (Å²) < 4.78 is 0. The van der Waals surface area contributed by atoms with Crippen LogP contribution in [0, 0.1) is 0 Å². The molecule has 14 heavy (non-hydrogen) atoms. The van der Waals surface area contributed by atoms with Crippen molar-refractivity contribution in [1.82, 2.24) is 4.90 Å². The van der Waals surface area contributed by atoms with Gasteiger partial charge in [-0.25, -0.2) is 0 Å². The first-order valence-electron chi connectivity index (χ1n) is 4.90. The molecule has 2 nitrogen and oxygen atoms in total. The summed E-state index contributed by atoms with van der Waals surface area (Å²) in [5, 5.41) is 0. The minimum atomic E-state index is 0.0266. The molecule has 0 fully saturated rings. The summed E-state index contributed by atoms with van der Waals surface area (Å²) in [6, 6.07) is 0. The van der Waals surface area contributed by atoms with Gasteiger partial charge in [-0.3, -0.25) is 9.69 Å². The van der Waals surface area contributed by atoms with E-state index in [1.54, 1.807) is 11.0 Å².